The fraction of sp³-hybridized carbons (Fsp3) is 0.143. The summed E-state index contributed by atoms with van der Waals surface area (Å²) in [5.41, 5.74) is 2.44. The van der Waals surface area contributed by atoms with Crippen LogP contribution in [0.1, 0.15) is 34.2 Å². The SMILES string of the molecule is Cc1ccc(/C=N/N=C(\[S-])SCc2ccccc2)o1.Cc1ccc(/C=N/N=C(\[S-])SCc2ccccc2)o1.[Cl][Co+2]. The molecule has 2 aromatic heterocycles. The quantitative estimate of drug-likeness (QED) is 0.0813. The van der Waals surface area contributed by atoms with Crippen LogP contribution >= 0.6 is 33.7 Å². The zero-order chi connectivity index (χ0) is 29.0. The molecule has 2 aromatic carbocycles. The Kier molecular flexibility index (Phi) is 17.3. The van der Waals surface area contributed by atoms with Crippen molar-refractivity contribution in [1.29, 1.82) is 0 Å². The van der Waals surface area contributed by atoms with Crippen molar-refractivity contribution in [1.82, 2.24) is 0 Å². The molecule has 0 N–H and O–H groups in total. The number of furan rings is 2. The third kappa shape index (κ3) is 14.8. The summed E-state index contributed by atoms with van der Waals surface area (Å²) in [5, 5.41) is 15.7. The van der Waals surface area contributed by atoms with Gasteiger partial charge in [-0.3, -0.25) is 0 Å². The standard InChI is InChI=1S/2C14H14N2OS2.ClH.Co/c2*1-11-7-8-13(17-11)9-15-16-14(18)19-10-12-5-3-2-4-6-12;;/h2*2-9H,10H2,1H3,(H,16,18);1H;/q;;;+3/p-3/b2*15-9+;;. The molecule has 4 aromatic rings. The number of hydrogen-bond acceptors (Lipinski definition) is 10. The topological polar surface area (TPSA) is 75.7 Å². The van der Waals surface area contributed by atoms with Gasteiger partial charge in [0.2, 0.25) is 0 Å². The Labute approximate surface area is 266 Å². The van der Waals surface area contributed by atoms with E-state index in [0.29, 0.717) is 20.3 Å². The molecule has 0 aliphatic carbocycles. The predicted octanol–water partition coefficient (Wildman–Crippen LogP) is 8.20. The van der Waals surface area contributed by atoms with Gasteiger partial charge < -0.3 is 34.1 Å². The Morgan fingerprint density at radius 2 is 1.05 bits per heavy atom. The van der Waals surface area contributed by atoms with Gasteiger partial charge in [-0.25, -0.2) is 0 Å². The minimum absolute atomic E-state index is 0.517. The van der Waals surface area contributed by atoms with E-state index in [1.807, 2.05) is 74.5 Å². The van der Waals surface area contributed by atoms with Crippen molar-refractivity contribution in [2.45, 2.75) is 25.4 Å². The molecule has 12 heteroatoms. The van der Waals surface area contributed by atoms with Crippen molar-refractivity contribution < 1.29 is 23.7 Å². The van der Waals surface area contributed by atoms with Crippen molar-refractivity contribution in [3.8, 4) is 0 Å². The number of benzene rings is 2. The predicted molar refractivity (Wildman–Crippen MR) is 173 cm³/mol. The number of thioether (sulfide) groups is 2. The van der Waals surface area contributed by atoms with E-state index < -0.39 is 0 Å². The van der Waals surface area contributed by atoms with Gasteiger partial charge in [0.25, 0.3) is 0 Å². The Morgan fingerprint density at radius 1 is 0.675 bits per heavy atom. The van der Waals surface area contributed by atoms with Crippen LogP contribution in [0, 0.1) is 13.8 Å². The van der Waals surface area contributed by atoms with Crippen LogP contribution in [0.15, 0.2) is 114 Å². The summed E-state index contributed by atoms with van der Waals surface area (Å²) in [7, 11) is 4.33. The molecule has 40 heavy (non-hydrogen) atoms. The number of halogens is 1. The van der Waals surface area contributed by atoms with Crippen LogP contribution < -0.4 is 0 Å². The van der Waals surface area contributed by atoms with Gasteiger partial charge in [0.1, 0.15) is 23.0 Å². The molecule has 0 atom stereocenters. The third-order valence-electron chi connectivity index (χ3n) is 4.58. The van der Waals surface area contributed by atoms with Crippen molar-refractivity contribution in [2.75, 3.05) is 0 Å². The fourth-order valence-electron chi connectivity index (χ4n) is 2.81. The molecule has 0 bridgehead atoms. The number of hydrogen-bond donors (Lipinski definition) is 0. The van der Waals surface area contributed by atoms with E-state index in [-0.39, 0.29) is 0 Å². The van der Waals surface area contributed by atoms with Crippen LogP contribution in [0.4, 0.5) is 0 Å². The minimum atomic E-state index is 0.517. The van der Waals surface area contributed by atoms with E-state index in [0.717, 1.165) is 23.0 Å². The second-order valence-electron chi connectivity index (χ2n) is 7.67. The van der Waals surface area contributed by atoms with Crippen LogP contribution in [-0.4, -0.2) is 21.2 Å². The first-order valence-corrected chi connectivity index (χ1v) is 15.8. The number of rotatable bonds is 8. The van der Waals surface area contributed by atoms with Gasteiger partial charge in [0, 0.05) is 11.5 Å². The molecule has 0 unspecified atom stereocenters. The van der Waals surface area contributed by atoms with Crippen LogP contribution in [0.5, 0.6) is 0 Å². The number of nitrogens with zero attached hydrogens (tertiary/aromatic N) is 4. The molecule has 0 amide bonds. The first kappa shape index (κ1) is 33.8. The van der Waals surface area contributed by atoms with E-state index in [2.05, 4.69) is 69.7 Å². The molecular formula is C28H26ClCoN4O2S4. The molecule has 4 rings (SSSR count). The average molecular weight is 673 g/mol. The monoisotopic (exact) mass is 672 g/mol. The van der Waals surface area contributed by atoms with Crippen molar-refractivity contribution in [2.24, 2.45) is 20.4 Å². The Hall–Kier alpha value is -2.38. The molecule has 2 heterocycles. The molecule has 0 radical (unpaired) electrons. The van der Waals surface area contributed by atoms with E-state index in [1.165, 1.54) is 34.7 Å². The fourth-order valence-corrected chi connectivity index (χ4v) is 4.43. The molecule has 0 spiro atoms. The second-order valence-corrected chi connectivity index (χ2v) is 10.9. The second kappa shape index (κ2) is 20.5. The molecule has 0 aliphatic rings. The summed E-state index contributed by atoms with van der Waals surface area (Å²) in [4.78, 5) is 0. The van der Waals surface area contributed by atoms with Gasteiger partial charge in [-0.05, 0) is 58.0 Å². The van der Waals surface area contributed by atoms with E-state index in [4.69, 9.17) is 34.1 Å². The summed E-state index contributed by atoms with van der Waals surface area (Å²) in [6.45, 7) is 3.77. The molecular weight excluding hydrogens is 647 g/mol. The average Bonchev–Trinajstić information content (AvgIpc) is 3.60. The Bertz CT molecular complexity index is 1270. The van der Waals surface area contributed by atoms with Gasteiger partial charge >= 0.3 is 25.0 Å². The van der Waals surface area contributed by atoms with E-state index >= 15 is 0 Å². The summed E-state index contributed by atoms with van der Waals surface area (Å²) in [6.07, 6.45) is 3.12. The first-order chi connectivity index (χ1) is 19.5. The van der Waals surface area contributed by atoms with Gasteiger partial charge in [-0.1, -0.05) is 60.7 Å². The van der Waals surface area contributed by atoms with Gasteiger partial charge in [0.05, 0.1) is 12.4 Å². The summed E-state index contributed by atoms with van der Waals surface area (Å²) < 4.78 is 11.7. The Balaban J connectivity index is 0.000000264. The molecule has 0 saturated heterocycles. The third-order valence-corrected chi connectivity index (χ3v) is 7.06. The maximum atomic E-state index is 5.34. The van der Waals surface area contributed by atoms with Crippen molar-refractivity contribution >= 4 is 80.1 Å². The summed E-state index contributed by atoms with van der Waals surface area (Å²) in [6, 6.07) is 27.7. The van der Waals surface area contributed by atoms with Gasteiger partial charge in [0.15, 0.2) is 0 Å². The normalized spacial score (nSPS) is 11.7. The van der Waals surface area contributed by atoms with Crippen LogP contribution in [0.2, 0.25) is 0 Å². The van der Waals surface area contributed by atoms with Crippen LogP contribution in [0.25, 0.3) is 0 Å². The van der Waals surface area contributed by atoms with Crippen LogP contribution in [-0.2, 0) is 51.6 Å². The summed E-state index contributed by atoms with van der Waals surface area (Å²) in [5.74, 6) is 4.66. The number of aryl methyl sites for hydroxylation is 2. The molecule has 0 saturated carbocycles. The van der Waals surface area contributed by atoms with E-state index in [1.54, 1.807) is 12.4 Å². The Morgan fingerprint density at radius 3 is 1.38 bits per heavy atom. The molecule has 0 fully saturated rings. The van der Waals surface area contributed by atoms with E-state index in [9.17, 15) is 0 Å². The summed E-state index contributed by atoms with van der Waals surface area (Å²) >= 11 is 16.3. The first-order valence-electron chi connectivity index (χ1n) is 11.6. The van der Waals surface area contributed by atoms with Crippen LogP contribution in [0.3, 0.4) is 0 Å². The molecule has 210 valence electrons. The molecule has 0 aliphatic heterocycles. The zero-order valence-electron chi connectivity index (χ0n) is 21.6. The maximum absolute atomic E-state index is 5.34. The zero-order valence-corrected chi connectivity index (χ0v) is 26.7. The van der Waals surface area contributed by atoms with Crippen molar-refractivity contribution in [3.05, 3.63) is 119 Å². The molecule has 6 nitrogen and oxygen atoms in total. The van der Waals surface area contributed by atoms with Gasteiger partial charge in [-0.15, -0.1) is 23.5 Å². The van der Waals surface area contributed by atoms with Gasteiger partial charge in [-0.2, -0.15) is 20.4 Å². The van der Waals surface area contributed by atoms with Crippen molar-refractivity contribution in [3.63, 3.8) is 0 Å².